The van der Waals surface area contributed by atoms with Gasteiger partial charge in [0.1, 0.15) is 29.2 Å². The number of imidazole rings is 1. The van der Waals surface area contributed by atoms with Crippen molar-refractivity contribution in [3.05, 3.63) is 108 Å². The van der Waals surface area contributed by atoms with Gasteiger partial charge in [0.05, 0.1) is 12.6 Å². The van der Waals surface area contributed by atoms with Gasteiger partial charge >= 0.3 is 0 Å². The highest BCUT2D eigenvalue weighted by Crippen LogP contribution is 2.39. The van der Waals surface area contributed by atoms with E-state index in [0.717, 1.165) is 44.6 Å². The predicted octanol–water partition coefficient (Wildman–Crippen LogP) is 7.33. The van der Waals surface area contributed by atoms with Crippen LogP contribution in [0.2, 0.25) is 0 Å². The van der Waals surface area contributed by atoms with Crippen molar-refractivity contribution in [1.82, 2.24) is 4.57 Å². The van der Waals surface area contributed by atoms with Crippen LogP contribution in [0.1, 0.15) is 31.3 Å². The minimum atomic E-state index is -2.70. The standard InChI is InChI=1S/C32H27N2O/c1-21-18-30-29(20-28(21)32-33(2)16-17-34(32)25-10-4-3-5-11-25)27-13-7-12-26(31(27)35-30)24-15-14-22-8-6-9-23(22)19-24/h3-5,7,10-20H,6,8-9H2,1-2H3/q+1/i6D2,8D2,9D2. The fraction of sp³-hybridized carbons (Fsp3) is 0.156. The third kappa shape index (κ3) is 3.15. The molecule has 0 amide bonds. The third-order valence-electron chi connectivity index (χ3n) is 6.85. The number of furan rings is 1. The molecule has 0 fully saturated rings. The quantitative estimate of drug-likeness (QED) is 0.253. The van der Waals surface area contributed by atoms with Gasteiger partial charge in [-0.1, -0.05) is 54.6 Å². The molecule has 4 aromatic carbocycles. The predicted molar refractivity (Wildman–Crippen MR) is 142 cm³/mol. The summed E-state index contributed by atoms with van der Waals surface area (Å²) in [6.07, 6.45) is -3.55. The third-order valence-corrected chi connectivity index (χ3v) is 6.85. The van der Waals surface area contributed by atoms with Crippen LogP contribution in [0.4, 0.5) is 0 Å². The Morgan fingerprint density at radius 3 is 2.60 bits per heavy atom. The highest BCUT2D eigenvalue weighted by molar-refractivity contribution is 6.10. The van der Waals surface area contributed by atoms with Crippen molar-refractivity contribution in [3.8, 4) is 28.2 Å². The van der Waals surface area contributed by atoms with E-state index in [4.69, 9.17) is 12.6 Å². The summed E-state index contributed by atoms with van der Waals surface area (Å²) in [6, 6.07) is 25.0. The Balaban J connectivity index is 1.42. The Labute approximate surface area is 213 Å². The first-order chi connectivity index (χ1) is 19.4. The molecule has 0 N–H and O–H groups in total. The Morgan fingerprint density at radius 1 is 0.857 bits per heavy atom. The van der Waals surface area contributed by atoms with Gasteiger partial charge < -0.3 is 4.42 Å². The fourth-order valence-corrected chi connectivity index (χ4v) is 5.10. The summed E-state index contributed by atoms with van der Waals surface area (Å²) in [4.78, 5) is 0. The zero-order chi connectivity index (χ0) is 28.9. The van der Waals surface area contributed by atoms with Gasteiger partial charge in [0, 0.05) is 24.6 Å². The largest absolute Gasteiger partial charge is 0.455 e. The smallest absolute Gasteiger partial charge is 0.294 e. The number of rotatable bonds is 3. The molecule has 0 saturated heterocycles. The fourth-order valence-electron chi connectivity index (χ4n) is 5.10. The maximum atomic E-state index is 8.47. The van der Waals surface area contributed by atoms with Gasteiger partial charge in [0.25, 0.3) is 5.82 Å². The number of benzene rings is 4. The molecule has 0 bridgehead atoms. The minimum Gasteiger partial charge on any atom is -0.455 e. The lowest BCUT2D eigenvalue weighted by Gasteiger charge is -2.06. The van der Waals surface area contributed by atoms with Crippen molar-refractivity contribution >= 4 is 21.9 Å². The molecule has 0 unspecified atom stereocenters. The molecular formula is C32H27N2O+. The molecule has 1 aliphatic rings. The number of hydrogen-bond acceptors (Lipinski definition) is 1. The normalized spacial score (nSPS) is 19.9. The van der Waals surface area contributed by atoms with Crippen LogP contribution in [0, 0.1) is 6.92 Å². The first-order valence-corrected chi connectivity index (χ1v) is 11.7. The van der Waals surface area contributed by atoms with Gasteiger partial charge in [-0.25, -0.2) is 4.57 Å². The molecule has 3 nitrogen and oxygen atoms in total. The van der Waals surface area contributed by atoms with Crippen LogP contribution >= 0.6 is 0 Å². The Kier molecular flexibility index (Phi) is 3.30. The summed E-state index contributed by atoms with van der Waals surface area (Å²) in [7, 11) is 2.03. The van der Waals surface area contributed by atoms with E-state index in [2.05, 4.69) is 40.5 Å². The number of nitrogens with zero attached hydrogens (tertiary/aromatic N) is 2. The SMILES string of the molecule is [2H]C1([2H])c2ccc(-c3cccc4c3oc3cc(C)c(-c5n(-c6ccccc6)cc[n+]5C)cc34)cc2C([2H])([2H])C1([2H])[2H]. The van der Waals surface area contributed by atoms with E-state index >= 15 is 0 Å². The summed E-state index contributed by atoms with van der Waals surface area (Å²) in [5.74, 6) is 1.03. The molecular weight excluding hydrogens is 428 g/mol. The van der Waals surface area contributed by atoms with E-state index < -0.39 is 19.1 Å². The van der Waals surface area contributed by atoms with Gasteiger partial charge in [-0.05, 0) is 72.6 Å². The second kappa shape index (κ2) is 7.71. The van der Waals surface area contributed by atoms with Crippen molar-refractivity contribution in [2.75, 3.05) is 0 Å². The van der Waals surface area contributed by atoms with E-state index in [-0.39, 0.29) is 11.1 Å². The van der Waals surface area contributed by atoms with E-state index in [1.54, 1.807) is 12.1 Å². The molecule has 0 saturated carbocycles. The summed E-state index contributed by atoms with van der Waals surface area (Å²) in [6.45, 7) is 2.07. The molecule has 6 aromatic rings. The van der Waals surface area contributed by atoms with Crippen LogP contribution < -0.4 is 4.57 Å². The van der Waals surface area contributed by atoms with Crippen molar-refractivity contribution in [2.45, 2.75) is 26.0 Å². The second-order valence-corrected chi connectivity index (χ2v) is 9.02. The second-order valence-electron chi connectivity index (χ2n) is 9.02. The lowest BCUT2D eigenvalue weighted by molar-refractivity contribution is -0.659. The zero-order valence-electron chi connectivity index (χ0n) is 25.5. The minimum absolute atomic E-state index is 0.0328. The molecule has 1 aliphatic carbocycles. The summed E-state index contributed by atoms with van der Waals surface area (Å²) in [5, 5.41) is 1.86. The van der Waals surface area contributed by atoms with Crippen LogP contribution in [0.15, 0.2) is 95.7 Å². The Morgan fingerprint density at radius 2 is 1.71 bits per heavy atom. The molecule has 2 aromatic heterocycles. The van der Waals surface area contributed by atoms with Crippen molar-refractivity contribution in [2.24, 2.45) is 7.05 Å². The topological polar surface area (TPSA) is 21.9 Å². The number of para-hydroxylation sites is 2. The molecule has 35 heavy (non-hydrogen) atoms. The van der Waals surface area contributed by atoms with Crippen molar-refractivity contribution in [3.63, 3.8) is 0 Å². The monoisotopic (exact) mass is 461 g/mol. The highest BCUT2D eigenvalue weighted by Gasteiger charge is 2.23. The van der Waals surface area contributed by atoms with Gasteiger partial charge in [0.2, 0.25) is 0 Å². The first-order valence-electron chi connectivity index (χ1n) is 14.7. The average Bonchev–Trinajstić information content (AvgIpc) is 3.54. The lowest BCUT2D eigenvalue weighted by atomic mass is 9.98. The molecule has 170 valence electrons. The first kappa shape index (κ1) is 15.0. The Hall–Kier alpha value is -4.11. The Bertz CT molecular complexity index is 2010. The molecule has 2 heterocycles. The number of aromatic nitrogens is 2. The molecule has 0 atom stereocenters. The van der Waals surface area contributed by atoms with Crippen molar-refractivity contribution in [1.29, 1.82) is 0 Å². The maximum Gasteiger partial charge on any atom is 0.294 e. The number of hydrogen-bond donors (Lipinski definition) is 0. The van der Waals surface area contributed by atoms with Gasteiger partial charge in [-0.3, -0.25) is 0 Å². The number of fused-ring (bicyclic) bond motifs is 4. The summed E-state index contributed by atoms with van der Waals surface area (Å²) in [5.41, 5.74) is 6.02. The maximum absolute atomic E-state index is 8.47. The zero-order valence-corrected chi connectivity index (χ0v) is 19.5. The van der Waals surface area contributed by atoms with Crippen LogP contribution in [0.3, 0.4) is 0 Å². The van der Waals surface area contributed by atoms with Gasteiger partial charge in [0.15, 0.2) is 0 Å². The highest BCUT2D eigenvalue weighted by atomic mass is 16.3. The van der Waals surface area contributed by atoms with E-state index in [0.29, 0.717) is 11.1 Å². The van der Waals surface area contributed by atoms with Crippen LogP contribution in [0.5, 0.6) is 0 Å². The molecule has 0 radical (unpaired) electrons. The van der Waals surface area contributed by atoms with Crippen molar-refractivity contribution < 1.29 is 17.2 Å². The molecule has 7 rings (SSSR count). The van der Waals surface area contributed by atoms with Gasteiger partial charge in [-0.15, -0.1) is 0 Å². The van der Waals surface area contributed by atoms with Crippen LogP contribution in [-0.4, -0.2) is 4.57 Å². The van der Waals surface area contributed by atoms with Crippen LogP contribution in [0.25, 0.3) is 50.1 Å². The summed E-state index contributed by atoms with van der Waals surface area (Å²) >= 11 is 0. The average molecular weight is 462 g/mol. The van der Waals surface area contributed by atoms with E-state index in [1.165, 1.54) is 6.07 Å². The molecule has 0 spiro atoms. The molecule has 0 aliphatic heterocycles. The number of aryl methyl sites for hydroxylation is 4. The van der Waals surface area contributed by atoms with Gasteiger partial charge in [-0.2, -0.15) is 4.57 Å². The molecule has 3 heteroatoms. The van der Waals surface area contributed by atoms with E-state index in [9.17, 15) is 0 Å². The van der Waals surface area contributed by atoms with Crippen LogP contribution in [-0.2, 0) is 19.8 Å². The van der Waals surface area contributed by atoms with E-state index in [1.807, 2.05) is 55.7 Å². The lowest BCUT2D eigenvalue weighted by Crippen LogP contribution is -2.29. The summed E-state index contributed by atoms with van der Waals surface area (Å²) < 4.78 is 60.8.